The lowest BCUT2D eigenvalue weighted by molar-refractivity contribution is -0.229. The third-order valence-electron chi connectivity index (χ3n) is 6.76. The predicted molar refractivity (Wildman–Crippen MR) is 104 cm³/mol. The highest BCUT2D eigenvalue weighted by Gasteiger charge is 2.44. The second-order valence-corrected chi connectivity index (χ2v) is 8.98. The number of fused-ring (bicyclic) bond motifs is 1. The van der Waals surface area contributed by atoms with Crippen LogP contribution >= 0.6 is 0 Å². The highest BCUT2D eigenvalue weighted by atomic mass is 19.4. The summed E-state index contributed by atoms with van der Waals surface area (Å²) >= 11 is 0. The van der Waals surface area contributed by atoms with Crippen molar-refractivity contribution in [3.05, 3.63) is 29.1 Å². The highest BCUT2D eigenvalue weighted by molar-refractivity contribution is 5.42. The molecule has 1 saturated heterocycles. The summed E-state index contributed by atoms with van der Waals surface area (Å²) in [6.45, 7) is 3.68. The van der Waals surface area contributed by atoms with Crippen molar-refractivity contribution in [2.45, 2.75) is 82.8 Å². The summed E-state index contributed by atoms with van der Waals surface area (Å²) in [6, 6.07) is 3.21. The summed E-state index contributed by atoms with van der Waals surface area (Å²) in [5.41, 5.74) is 1.42. The molecule has 1 unspecified atom stereocenters. The largest absolute Gasteiger partial charge is 0.478 e. The zero-order chi connectivity index (χ0) is 21.3. The van der Waals surface area contributed by atoms with Crippen molar-refractivity contribution in [1.82, 2.24) is 0 Å². The summed E-state index contributed by atoms with van der Waals surface area (Å²) in [5.74, 6) is 0.131. The van der Waals surface area contributed by atoms with E-state index in [9.17, 15) is 17.6 Å². The molecule has 1 aromatic rings. The van der Waals surface area contributed by atoms with Crippen molar-refractivity contribution >= 4 is 0 Å². The van der Waals surface area contributed by atoms with E-state index < -0.39 is 18.1 Å². The van der Waals surface area contributed by atoms with Gasteiger partial charge in [0.15, 0.2) is 24.0 Å². The monoisotopic (exact) mass is 430 g/mol. The van der Waals surface area contributed by atoms with Crippen LogP contribution in [0.5, 0.6) is 5.75 Å². The van der Waals surface area contributed by atoms with Gasteiger partial charge in [0, 0.05) is 11.8 Å². The van der Waals surface area contributed by atoms with Crippen LogP contribution in [0.2, 0.25) is 0 Å². The van der Waals surface area contributed by atoms with E-state index in [1.165, 1.54) is 6.07 Å². The molecule has 3 nitrogen and oxygen atoms in total. The Morgan fingerprint density at radius 3 is 2.33 bits per heavy atom. The Morgan fingerprint density at radius 1 is 1.00 bits per heavy atom. The van der Waals surface area contributed by atoms with Gasteiger partial charge in [-0.2, -0.15) is 13.2 Å². The summed E-state index contributed by atoms with van der Waals surface area (Å²) < 4.78 is 70.2. The Hall–Kier alpha value is -1.34. The Bertz CT molecular complexity index is 720. The third kappa shape index (κ3) is 4.77. The molecule has 2 aliphatic heterocycles. The number of aryl methyl sites for hydroxylation is 1. The van der Waals surface area contributed by atoms with Crippen LogP contribution in [-0.2, 0) is 15.9 Å². The van der Waals surface area contributed by atoms with Crippen LogP contribution in [0.25, 0.3) is 0 Å². The van der Waals surface area contributed by atoms with Gasteiger partial charge in [-0.05, 0) is 68.1 Å². The minimum atomic E-state index is -4.47. The van der Waals surface area contributed by atoms with Crippen LogP contribution in [0.3, 0.4) is 0 Å². The quantitative estimate of drug-likeness (QED) is 0.537. The molecule has 1 aromatic carbocycles. The maximum atomic E-state index is 14.6. The van der Waals surface area contributed by atoms with Crippen LogP contribution in [0.4, 0.5) is 17.6 Å². The van der Waals surface area contributed by atoms with Gasteiger partial charge in [0.25, 0.3) is 0 Å². The predicted octanol–water partition coefficient (Wildman–Crippen LogP) is 6.14. The average Bonchev–Trinajstić information content (AvgIpc) is 2.74. The Labute approximate surface area is 175 Å². The van der Waals surface area contributed by atoms with Crippen molar-refractivity contribution in [2.24, 2.45) is 11.8 Å². The molecule has 2 heterocycles. The van der Waals surface area contributed by atoms with Crippen molar-refractivity contribution in [3.8, 4) is 5.75 Å². The van der Waals surface area contributed by atoms with Gasteiger partial charge in [0.2, 0.25) is 0 Å². The van der Waals surface area contributed by atoms with Gasteiger partial charge in [-0.25, -0.2) is 4.39 Å². The first kappa shape index (κ1) is 21.9. The molecule has 3 aliphatic rings. The van der Waals surface area contributed by atoms with Crippen LogP contribution < -0.4 is 4.74 Å². The lowest BCUT2D eigenvalue weighted by Gasteiger charge is -2.38. The fraction of sp³-hybridized carbons (Fsp3) is 0.739. The summed E-state index contributed by atoms with van der Waals surface area (Å²) in [5, 5.41) is 0. The van der Waals surface area contributed by atoms with Gasteiger partial charge in [-0.3, -0.25) is 0 Å². The molecule has 4 rings (SSSR count). The first-order valence-electron chi connectivity index (χ1n) is 11.1. The van der Waals surface area contributed by atoms with Crippen molar-refractivity contribution in [2.75, 3.05) is 13.2 Å². The second-order valence-electron chi connectivity index (χ2n) is 8.98. The van der Waals surface area contributed by atoms with Gasteiger partial charge in [-0.1, -0.05) is 19.4 Å². The zero-order valence-corrected chi connectivity index (χ0v) is 17.3. The Kier molecular flexibility index (Phi) is 6.58. The molecule has 168 valence electrons. The van der Waals surface area contributed by atoms with E-state index in [4.69, 9.17) is 14.2 Å². The van der Waals surface area contributed by atoms with E-state index in [-0.39, 0.29) is 30.8 Å². The van der Waals surface area contributed by atoms with Gasteiger partial charge in [0.05, 0.1) is 13.2 Å². The van der Waals surface area contributed by atoms with Crippen molar-refractivity contribution in [3.63, 3.8) is 0 Å². The summed E-state index contributed by atoms with van der Waals surface area (Å²) in [7, 11) is 0. The third-order valence-corrected chi connectivity index (χ3v) is 6.76. The first-order chi connectivity index (χ1) is 14.3. The maximum Gasteiger partial charge on any atom is 0.425 e. The van der Waals surface area contributed by atoms with Gasteiger partial charge >= 0.3 is 6.18 Å². The molecule has 30 heavy (non-hydrogen) atoms. The lowest BCUT2D eigenvalue weighted by Crippen LogP contribution is -2.38. The lowest BCUT2D eigenvalue weighted by atomic mass is 9.77. The van der Waals surface area contributed by atoms with Crippen LogP contribution in [0.15, 0.2) is 12.1 Å². The molecule has 7 heteroatoms. The normalized spacial score (nSPS) is 32.4. The van der Waals surface area contributed by atoms with E-state index >= 15 is 0 Å². The molecule has 0 N–H and O–H groups in total. The minimum Gasteiger partial charge on any atom is -0.478 e. The Balaban J connectivity index is 1.35. The number of halogens is 4. The van der Waals surface area contributed by atoms with E-state index in [1.54, 1.807) is 0 Å². The molecule has 0 bridgehead atoms. The van der Waals surface area contributed by atoms with Crippen molar-refractivity contribution in [1.29, 1.82) is 0 Å². The molecular weight excluding hydrogens is 400 g/mol. The highest BCUT2D eigenvalue weighted by Crippen LogP contribution is 2.43. The van der Waals surface area contributed by atoms with E-state index in [0.29, 0.717) is 17.4 Å². The molecule has 1 atom stereocenters. The number of hydrogen-bond donors (Lipinski definition) is 0. The topological polar surface area (TPSA) is 27.7 Å². The Morgan fingerprint density at radius 2 is 1.70 bits per heavy atom. The number of rotatable bonds is 4. The fourth-order valence-electron chi connectivity index (χ4n) is 5.08. The zero-order valence-electron chi connectivity index (χ0n) is 17.3. The summed E-state index contributed by atoms with van der Waals surface area (Å²) in [4.78, 5) is 0. The summed E-state index contributed by atoms with van der Waals surface area (Å²) in [6.07, 6.45) is -0.584. The molecule has 0 radical (unpaired) electrons. The minimum absolute atomic E-state index is 0.146. The molecule has 1 saturated carbocycles. The number of benzene rings is 1. The van der Waals surface area contributed by atoms with Gasteiger partial charge in [0.1, 0.15) is 0 Å². The molecule has 0 aromatic heterocycles. The SMILES string of the molecule is CCCC1COC(C2CCC(c3cc(F)c4c(c3)CCC(C(F)(F)F)O4)CC2)OC1. The standard InChI is InChI=1S/C23H30F4O3/c1-2-3-14-12-28-22(29-13-14)16-6-4-15(5-7-16)18-10-17-8-9-20(23(25,26)27)30-21(17)19(24)11-18/h10-11,14-16,20,22H,2-9,12-13H2,1H3. The number of ether oxygens (including phenoxy) is 3. The maximum absolute atomic E-state index is 14.6. The number of hydrogen-bond acceptors (Lipinski definition) is 3. The van der Waals surface area contributed by atoms with Crippen LogP contribution in [-0.4, -0.2) is 31.8 Å². The average molecular weight is 430 g/mol. The number of alkyl halides is 3. The first-order valence-corrected chi connectivity index (χ1v) is 11.1. The molecule has 1 aliphatic carbocycles. The fourth-order valence-corrected chi connectivity index (χ4v) is 5.08. The smallest absolute Gasteiger partial charge is 0.425 e. The van der Waals surface area contributed by atoms with Crippen molar-refractivity contribution < 1.29 is 31.8 Å². The van der Waals surface area contributed by atoms with Gasteiger partial charge in [-0.15, -0.1) is 0 Å². The molecule has 0 amide bonds. The molecule has 0 spiro atoms. The van der Waals surface area contributed by atoms with Gasteiger partial charge < -0.3 is 14.2 Å². The van der Waals surface area contributed by atoms with E-state index in [0.717, 1.165) is 57.3 Å². The van der Waals surface area contributed by atoms with E-state index in [1.807, 2.05) is 6.07 Å². The second kappa shape index (κ2) is 9.03. The van der Waals surface area contributed by atoms with E-state index in [2.05, 4.69) is 6.92 Å². The molecule has 2 fully saturated rings. The molecular formula is C23H30F4O3. The van der Waals surface area contributed by atoms with Crippen LogP contribution in [0, 0.1) is 17.7 Å². The van der Waals surface area contributed by atoms with Crippen LogP contribution in [0.1, 0.15) is 68.9 Å².